The summed E-state index contributed by atoms with van der Waals surface area (Å²) in [4.78, 5) is 35.6. The van der Waals surface area contributed by atoms with Gasteiger partial charge in [-0.25, -0.2) is 4.98 Å². The van der Waals surface area contributed by atoms with E-state index in [4.69, 9.17) is 9.47 Å². The van der Waals surface area contributed by atoms with Gasteiger partial charge in [0.1, 0.15) is 10.6 Å². The molecule has 1 aromatic heterocycles. The summed E-state index contributed by atoms with van der Waals surface area (Å²) < 4.78 is 11.4. The molecule has 0 spiro atoms. The van der Waals surface area contributed by atoms with Crippen molar-refractivity contribution in [3.05, 3.63) is 64.5 Å². The summed E-state index contributed by atoms with van der Waals surface area (Å²) >= 11 is 1.37. The molecule has 32 heavy (non-hydrogen) atoms. The monoisotopic (exact) mass is 449 g/mol. The van der Waals surface area contributed by atoms with Gasteiger partial charge in [0.15, 0.2) is 6.10 Å². The van der Waals surface area contributed by atoms with E-state index in [1.165, 1.54) is 11.3 Å². The zero-order valence-electron chi connectivity index (χ0n) is 17.7. The Morgan fingerprint density at radius 1 is 1.03 bits per heavy atom. The van der Waals surface area contributed by atoms with Gasteiger partial charge in [0.2, 0.25) is 0 Å². The molecule has 3 heterocycles. The third-order valence-corrected chi connectivity index (χ3v) is 6.55. The molecular formula is C24H23N3O4S. The van der Waals surface area contributed by atoms with Gasteiger partial charge < -0.3 is 14.4 Å². The van der Waals surface area contributed by atoms with E-state index in [-0.39, 0.29) is 18.4 Å². The van der Waals surface area contributed by atoms with Crippen LogP contribution in [-0.4, -0.2) is 60.7 Å². The van der Waals surface area contributed by atoms with Crippen LogP contribution in [-0.2, 0) is 9.53 Å². The van der Waals surface area contributed by atoms with Crippen LogP contribution in [0.3, 0.4) is 0 Å². The van der Waals surface area contributed by atoms with Crippen LogP contribution in [0.2, 0.25) is 0 Å². The second-order valence-corrected chi connectivity index (χ2v) is 8.91. The second-order valence-electron chi connectivity index (χ2n) is 7.70. The highest BCUT2D eigenvalue weighted by molar-refractivity contribution is 7.14. The lowest BCUT2D eigenvalue weighted by Gasteiger charge is -2.37. The van der Waals surface area contributed by atoms with Gasteiger partial charge in [-0.3, -0.25) is 14.5 Å². The molecule has 1 fully saturated rings. The molecule has 0 N–H and O–H groups in total. The molecule has 0 aliphatic carbocycles. The van der Waals surface area contributed by atoms with E-state index in [1.54, 1.807) is 15.9 Å². The van der Waals surface area contributed by atoms with Crippen LogP contribution in [0.15, 0.2) is 54.6 Å². The first-order valence-corrected chi connectivity index (χ1v) is 11.4. The highest BCUT2D eigenvalue weighted by Gasteiger charge is 2.37. The molecule has 0 saturated carbocycles. The summed E-state index contributed by atoms with van der Waals surface area (Å²) in [6.07, 6.45) is -0.763. The Labute approximate surface area is 190 Å². The Hall–Kier alpha value is -3.23. The predicted molar refractivity (Wildman–Crippen MR) is 122 cm³/mol. The van der Waals surface area contributed by atoms with Crippen molar-refractivity contribution in [1.29, 1.82) is 0 Å². The van der Waals surface area contributed by atoms with Crippen LogP contribution in [0.5, 0.6) is 5.75 Å². The first-order chi connectivity index (χ1) is 15.6. The van der Waals surface area contributed by atoms with Gasteiger partial charge in [0, 0.05) is 18.7 Å². The number of benzene rings is 2. The molecule has 3 aromatic rings. The lowest BCUT2D eigenvalue weighted by Crippen LogP contribution is -2.54. The van der Waals surface area contributed by atoms with Crippen LogP contribution in [0.25, 0.3) is 11.3 Å². The summed E-state index contributed by atoms with van der Waals surface area (Å²) in [5.74, 6) is 0.232. The molecule has 2 amide bonds. The number of thiazole rings is 1. The number of hydrogen-bond donors (Lipinski definition) is 0. The van der Waals surface area contributed by atoms with E-state index >= 15 is 0 Å². The van der Waals surface area contributed by atoms with Crippen LogP contribution in [0, 0.1) is 6.92 Å². The number of anilines is 1. The Morgan fingerprint density at radius 3 is 2.53 bits per heavy atom. The SMILES string of the molecule is Cc1nc(-c2ccccc2)c(C(=O)N2CC(C(=O)N3CCOCC3)Oc3ccccc32)s1. The third kappa shape index (κ3) is 3.87. The molecule has 1 atom stereocenters. The van der Waals surface area contributed by atoms with Gasteiger partial charge in [-0.05, 0) is 19.1 Å². The molecular weight excluding hydrogens is 426 g/mol. The predicted octanol–water partition coefficient (Wildman–Crippen LogP) is 3.39. The van der Waals surface area contributed by atoms with Gasteiger partial charge in [-0.2, -0.15) is 0 Å². The van der Waals surface area contributed by atoms with Crippen molar-refractivity contribution in [2.45, 2.75) is 13.0 Å². The van der Waals surface area contributed by atoms with E-state index in [0.717, 1.165) is 10.6 Å². The highest BCUT2D eigenvalue weighted by Crippen LogP contribution is 2.37. The quantitative estimate of drug-likeness (QED) is 0.613. The van der Waals surface area contributed by atoms with Crippen molar-refractivity contribution in [3.63, 3.8) is 0 Å². The van der Waals surface area contributed by atoms with Crippen LogP contribution in [0.1, 0.15) is 14.7 Å². The lowest BCUT2D eigenvalue weighted by atomic mass is 10.1. The van der Waals surface area contributed by atoms with E-state index in [0.29, 0.717) is 48.3 Å². The number of nitrogens with zero attached hydrogens (tertiary/aromatic N) is 3. The van der Waals surface area contributed by atoms with E-state index in [9.17, 15) is 9.59 Å². The fraction of sp³-hybridized carbons (Fsp3) is 0.292. The summed E-state index contributed by atoms with van der Waals surface area (Å²) in [5.41, 5.74) is 2.22. The number of morpholine rings is 1. The van der Waals surface area contributed by atoms with Gasteiger partial charge in [-0.1, -0.05) is 42.5 Å². The van der Waals surface area contributed by atoms with Gasteiger partial charge >= 0.3 is 0 Å². The number of fused-ring (bicyclic) bond motifs is 1. The van der Waals surface area contributed by atoms with Gasteiger partial charge in [0.05, 0.1) is 36.1 Å². The lowest BCUT2D eigenvalue weighted by molar-refractivity contribution is -0.142. The molecule has 2 aromatic carbocycles. The molecule has 2 aliphatic rings. The Kier molecular flexibility index (Phi) is 5.63. The maximum Gasteiger partial charge on any atom is 0.270 e. The number of hydrogen-bond acceptors (Lipinski definition) is 6. The molecule has 8 heteroatoms. The Bertz CT molecular complexity index is 1140. The van der Waals surface area contributed by atoms with Crippen LogP contribution in [0.4, 0.5) is 5.69 Å². The summed E-state index contributed by atoms with van der Waals surface area (Å²) in [6.45, 7) is 4.13. The number of carbonyl (C=O) groups is 2. The number of ether oxygens (including phenoxy) is 2. The minimum atomic E-state index is -0.763. The van der Waals surface area contributed by atoms with Crippen molar-refractivity contribution < 1.29 is 19.1 Å². The smallest absolute Gasteiger partial charge is 0.270 e. The summed E-state index contributed by atoms with van der Waals surface area (Å²) in [5, 5.41) is 0.815. The average molecular weight is 450 g/mol. The molecule has 0 bridgehead atoms. The minimum absolute atomic E-state index is 0.121. The molecule has 2 aliphatic heterocycles. The number of amides is 2. The molecule has 1 saturated heterocycles. The number of aryl methyl sites for hydroxylation is 1. The topological polar surface area (TPSA) is 72.0 Å². The van der Waals surface area contributed by atoms with Crippen molar-refractivity contribution in [2.24, 2.45) is 0 Å². The van der Waals surface area contributed by atoms with Crippen molar-refractivity contribution in [2.75, 3.05) is 37.7 Å². The molecule has 164 valence electrons. The largest absolute Gasteiger partial charge is 0.476 e. The fourth-order valence-electron chi connectivity index (χ4n) is 4.03. The van der Waals surface area contributed by atoms with Crippen molar-refractivity contribution in [3.8, 4) is 17.0 Å². The molecule has 7 nitrogen and oxygen atoms in total. The number of carbonyl (C=O) groups excluding carboxylic acids is 2. The van der Waals surface area contributed by atoms with Crippen LogP contribution >= 0.6 is 11.3 Å². The Morgan fingerprint density at radius 2 is 1.75 bits per heavy atom. The van der Waals surface area contributed by atoms with Gasteiger partial charge in [-0.15, -0.1) is 11.3 Å². The van der Waals surface area contributed by atoms with Crippen LogP contribution < -0.4 is 9.64 Å². The zero-order chi connectivity index (χ0) is 22.1. The first kappa shape index (κ1) is 20.7. The fourth-order valence-corrected chi connectivity index (χ4v) is 4.92. The average Bonchev–Trinajstić information content (AvgIpc) is 3.25. The highest BCUT2D eigenvalue weighted by atomic mass is 32.1. The molecule has 0 radical (unpaired) electrons. The Balaban J connectivity index is 1.50. The first-order valence-electron chi connectivity index (χ1n) is 10.6. The van der Waals surface area contributed by atoms with Crippen molar-refractivity contribution in [1.82, 2.24) is 9.88 Å². The second kappa shape index (κ2) is 8.72. The molecule has 5 rings (SSSR count). The maximum atomic E-state index is 13.8. The molecule has 1 unspecified atom stereocenters. The zero-order valence-corrected chi connectivity index (χ0v) is 18.5. The standard InChI is InChI=1S/C24H23N3O4S/c1-16-25-21(17-7-3-2-4-8-17)22(32-16)24(29)27-15-20(23(28)26-11-13-30-14-12-26)31-19-10-6-5-9-18(19)27/h2-10,20H,11-15H2,1H3. The number of para-hydroxylation sites is 2. The number of aromatic nitrogens is 1. The van der Waals surface area contributed by atoms with E-state index < -0.39 is 6.10 Å². The third-order valence-electron chi connectivity index (χ3n) is 5.59. The van der Waals surface area contributed by atoms with E-state index in [1.807, 2.05) is 55.5 Å². The summed E-state index contributed by atoms with van der Waals surface area (Å²) in [7, 11) is 0. The van der Waals surface area contributed by atoms with Gasteiger partial charge in [0.25, 0.3) is 11.8 Å². The number of rotatable bonds is 3. The van der Waals surface area contributed by atoms with Crippen molar-refractivity contribution >= 4 is 28.8 Å². The minimum Gasteiger partial charge on any atom is -0.476 e. The normalized spacial score (nSPS) is 18.1. The van der Waals surface area contributed by atoms with E-state index in [2.05, 4.69) is 4.98 Å². The maximum absolute atomic E-state index is 13.8. The summed E-state index contributed by atoms with van der Waals surface area (Å²) in [6, 6.07) is 17.0.